The van der Waals surface area contributed by atoms with Gasteiger partial charge in [-0.05, 0) is 54.7 Å². The summed E-state index contributed by atoms with van der Waals surface area (Å²) in [6.07, 6.45) is 4.02. The van der Waals surface area contributed by atoms with Gasteiger partial charge >= 0.3 is 5.69 Å². The number of rotatable bonds is 6. The number of imidazole rings is 1. The Bertz CT molecular complexity index is 1790. The van der Waals surface area contributed by atoms with Gasteiger partial charge in [-0.15, -0.1) is 43.0 Å². The summed E-state index contributed by atoms with van der Waals surface area (Å²) < 4.78 is 10.6. The molecule has 37 heavy (non-hydrogen) atoms. The lowest BCUT2D eigenvalue weighted by atomic mass is 10.1. The second-order valence-electron chi connectivity index (χ2n) is 9.41. The minimum Gasteiger partial charge on any atom is -0.459 e. The molecule has 1 fully saturated rings. The Balaban J connectivity index is 1.61. The van der Waals surface area contributed by atoms with Gasteiger partial charge in [0.2, 0.25) is 3.60 Å². The molecule has 0 amide bonds. The molecule has 12 heteroatoms. The zero-order valence-corrected chi connectivity index (χ0v) is 22.8. The molecule has 0 radical (unpaired) electrons. The van der Waals surface area contributed by atoms with E-state index < -0.39 is 3.60 Å². The van der Waals surface area contributed by atoms with Gasteiger partial charge in [0.1, 0.15) is 11.3 Å². The minimum absolute atomic E-state index is 0.194. The quantitative estimate of drug-likeness (QED) is 0.221. The average Bonchev–Trinajstić information content (AvgIpc) is 3.54. The van der Waals surface area contributed by atoms with E-state index in [1.54, 1.807) is 46.6 Å². The van der Waals surface area contributed by atoms with Crippen molar-refractivity contribution in [2.75, 3.05) is 0 Å². The summed E-state index contributed by atoms with van der Waals surface area (Å²) in [7, 11) is 3.53. The van der Waals surface area contributed by atoms with Crippen LogP contribution in [0.5, 0.6) is 5.75 Å². The molecular weight excluding hydrogens is 529 g/mol. The highest BCUT2D eigenvalue weighted by molar-refractivity contribution is 8.16. The summed E-state index contributed by atoms with van der Waals surface area (Å²) in [6.45, 7) is 0.554. The van der Waals surface area contributed by atoms with Crippen LogP contribution >= 0.6 is 37.9 Å². The number of hydrogen-bond donors (Lipinski definition) is 3. The zero-order chi connectivity index (χ0) is 26.1. The summed E-state index contributed by atoms with van der Waals surface area (Å²) >= 11 is 12.5. The van der Waals surface area contributed by atoms with Crippen LogP contribution in [0.3, 0.4) is 0 Å². The molecule has 0 saturated heterocycles. The molecule has 3 heterocycles. The summed E-state index contributed by atoms with van der Waals surface area (Å²) in [5.74, 6) is 0.913. The van der Waals surface area contributed by atoms with E-state index in [0.717, 1.165) is 23.7 Å². The molecular formula is C25H24N6O3S3. The van der Waals surface area contributed by atoms with Gasteiger partial charge in [-0.1, -0.05) is 12.1 Å². The van der Waals surface area contributed by atoms with Crippen LogP contribution in [-0.2, 0) is 20.6 Å². The van der Waals surface area contributed by atoms with Crippen molar-refractivity contribution in [1.82, 2.24) is 28.7 Å². The van der Waals surface area contributed by atoms with Crippen LogP contribution in [0.15, 0.2) is 58.3 Å². The molecule has 1 aliphatic carbocycles. The van der Waals surface area contributed by atoms with E-state index in [2.05, 4.69) is 48.1 Å². The lowest BCUT2D eigenvalue weighted by molar-refractivity contribution is 0.345. The zero-order valence-electron chi connectivity index (χ0n) is 20.1. The molecule has 0 unspecified atom stereocenters. The summed E-state index contributed by atoms with van der Waals surface area (Å²) in [5.41, 5.74) is 2.88. The Morgan fingerprint density at radius 1 is 1.03 bits per heavy atom. The Morgan fingerprint density at radius 3 is 2.43 bits per heavy atom. The van der Waals surface area contributed by atoms with Crippen LogP contribution in [0.25, 0.3) is 38.9 Å². The molecule has 190 valence electrons. The van der Waals surface area contributed by atoms with Gasteiger partial charge in [0.05, 0.1) is 16.8 Å². The van der Waals surface area contributed by atoms with E-state index in [1.807, 2.05) is 25.4 Å². The smallest absolute Gasteiger partial charge is 0.330 e. The fraction of sp³-hybridized carbons (Fsp3) is 0.280. The molecule has 0 N–H and O–H groups in total. The van der Waals surface area contributed by atoms with Gasteiger partial charge in [0.25, 0.3) is 5.56 Å². The number of thiol groups is 3. The van der Waals surface area contributed by atoms with Gasteiger partial charge < -0.3 is 4.74 Å². The van der Waals surface area contributed by atoms with Gasteiger partial charge in [0, 0.05) is 32.2 Å². The third-order valence-corrected chi connectivity index (χ3v) is 6.81. The van der Waals surface area contributed by atoms with E-state index in [0.29, 0.717) is 46.2 Å². The van der Waals surface area contributed by atoms with Crippen molar-refractivity contribution in [1.29, 1.82) is 0 Å². The maximum atomic E-state index is 14.1. The first-order valence-corrected chi connectivity index (χ1v) is 13.1. The number of aryl methyl sites for hydroxylation is 2. The molecule has 0 bridgehead atoms. The van der Waals surface area contributed by atoms with Crippen molar-refractivity contribution in [3.05, 3.63) is 69.5 Å². The Morgan fingerprint density at radius 2 is 1.76 bits per heavy atom. The monoisotopic (exact) mass is 552 g/mol. The Hall–Kier alpha value is -3.09. The third-order valence-electron chi connectivity index (χ3n) is 6.54. The van der Waals surface area contributed by atoms with Crippen molar-refractivity contribution in [2.24, 2.45) is 20.0 Å². The SMILES string of the molecule is Cn1cc2cc(-n3nc4c(c(-c5ccc(OC(S)(S)S)cc5)c3=O)n(CC3CC3)c(=O)n4C)ccc2n1. The molecule has 6 rings (SSSR count). The topological polar surface area (TPSA) is 88.9 Å². The van der Waals surface area contributed by atoms with E-state index in [4.69, 9.17) is 4.74 Å². The highest BCUT2D eigenvalue weighted by Gasteiger charge is 2.28. The summed E-state index contributed by atoms with van der Waals surface area (Å²) in [5, 5.41) is 9.98. The first kappa shape index (κ1) is 24.3. The number of nitrogens with zero attached hydrogens (tertiary/aromatic N) is 6. The lowest BCUT2D eigenvalue weighted by Gasteiger charge is -2.18. The van der Waals surface area contributed by atoms with Crippen molar-refractivity contribution in [3.8, 4) is 22.6 Å². The van der Waals surface area contributed by atoms with E-state index in [-0.39, 0.29) is 11.2 Å². The van der Waals surface area contributed by atoms with Crippen molar-refractivity contribution < 1.29 is 4.74 Å². The van der Waals surface area contributed by atoms with Gasteiger partial charge in [-0.3, -0.25) is 18.6 Å². The predicted molar refractivity (Wildman–Crippen MR) is 153 cm³/mol. The van der Waals surface area contributed by atoms with E-state index in [1.165, 1.54) is 9.25 Å². The van der Waals surface area contributed by atoms with E-state index in [9.17, 15) is 9.59 Å². The van der Waals surface area contributed by atoms with Crippen molar-refractivity contribution in [2.45, 2.75) is 23.0 Å². The van der Waals surface area contributed by atoms with Crippen LogP contribution in [0.1, 0.15) is 12.8 Å². The first-order chi connectivity index (χ1) is 17.6. The lowest BCUT2D eigenvalue weighted by Crippen LogP contribution is -2.24. The molecule has 5 aromatic rings. The predicted octanol–water partition coefficient (Wildman–Crippen LogP) is 3.63. The van der Waals surface area contributed by atoms with E-state index >= 15 is 0 Å². The molecule has 2 aromatic carbocycles. The minimum atomic E-state index is -1.26. The van der Waals surface area contributed by atoms with Crippen molar-refractivity contribution >= 4 is 60.0 Å². The highest BCUT2D eigenvalue weighted by Crippen LogP contribution is 2.34. The van der Waals surface area contributed by atoms with Gasteiger partial charge in [-0.25, -0.2) is 4.79 Å². The second-order valence-corrected chi connectivity index (χ2v) is 12.4. The Kier molecular flexibility index (Phi) is 5.73. The normalized spacial score (nSPS) is 14.1. The third kappa shape index (κ3) is 4.47. The Labute approximate surface area is 227 Å². The molecule has 1 aliphatic rings. The summed E-state index contributed by atoms with van der Waals surface area (Å²) in [6, 6.07) is 12.5. The average molecular weight is 553 g/mol. The maximum absolute atomic E-state index is 14.1. The summed E-state index contributed by atoms with van der Waals surface area (Å²) in [4.78, 5) is 27.4. The number of benzene rings is 2. The highest BCUT2D eigenvalue weighted by atomic mass is 32.2. The number of ether oxygens (including phenoxy) is 1. The first-order valence-electron chi connectivity index (χ1n) is 11.7. The molecule has 0 aliphatic heterocycles. The van der Waals surface area contributed by atoms with Crippen LogP contribution in [0.4, 0.5) is 0 Å². The van der Waals surface area contributed by atoms with Crippen LogP contribution in [0, 0.1) is 5.92 Å². The van der Waals surface area contributed by atoms with Crippen LogP contribution < -0.4 is 16.0 Å². The fourth-order valence-corrected chi connectivity index (χ4v) is 4.95. The number of fused-ring (bicyclic) bond motifs is 2. The molecule has 0 spiro atoms. The van der Waals surface area contributed by atoms with Crippen molar-refractivity contribution in [3.63, 3.8) is 0 Å². The maximum Gasteiger partial charge on any atom is 0.330 e. The second kappa shape index (κ2) is 8.74. The molecule has 0 atom stereocenters. The molecule has 3 aromatic heterocycles. The van der Waals surface area contributed by atoms with Gasteiger partial charge in [0.15, 0.2) is 5.65 Å². The standard InChI is InChI=1S/C25H24N6O3S3/c1-28-13-16-11-17(7-10-19(16)26-28)31-23(32)20(15-5-8-18(9-6-15)34-25(35,36)37)21-22(27-31)29(2)24(33)30(21)12-14-3-4-14/h5-11,13-14,35-37H,3-4,12H2,1-2H3. The fourth-order valence-electron chi connectivity index (χ4n) is 4.63. The van der Waals surface area contributed by atoms with Crippen LogP contribution in [-0.4, -0.2) is 32.3 Å². The molecule has 9 nitrogen and oxygen atoms in total. The number of hydrogen-bond acceptors (Lipinski definition) is 8. The van der Waals surface area contributed by atoms with Crippen LogP contribution in [0.2, 0.25) is 0 Å². The van der Waals surface area contributed by atoms with Gasteiger partial charge in [-0.2, -0.15) is 9.78 Å². The molecule has 1 saturated carbocycles. The largest absolute Gasteiger partial charge is 0.459 e. The number of aromatic nitrogens is 6.